The molecule has 0 heterocycles. The average molecular weight is 411 g/mol. The quantitative estimate of drug-likeness (QED) is 0.295. The Morgan fingerprint density at radius 3 is 2.54 bits per heavy atom. The molecule has 0 fully saturated rings. The number of hydrogen-bond acceptors (Lipinski definition) is 7. The molecule has 0 spiro atoms. The van der Waals surface area contributed by atoms with Gasteiger partial charge in [-0.1, -0.05) is 0 Å². The zero-order valence-electron chi connectivity index (χ0n) is 15.1. The molecular weight excluding hydrogens is 393 g/mol. The van der Waals surface area contributed by atoms with Crippen molar-refractivity contribution in [2.45, 2.75) is 4.90 Å². The third-order valence-corrected chi connectivity index (χ3v) is 4.80. The smallest absolute Gasteiger partial charge is 0.293 e. The first-order valence-electron chi connectivity index (χ1n) is 7.95. The van der Waals surface area contributed by atoms with E-state index in [0.717, 1.165) is 30.5 Å². The fourth-order valence-electron chi connectivity index (χ4n) is 2.29. The van der Waals surface area contributed by atoms with Crippen molar-refractivity contribution in [2.75, 3.05) is 37.2 Å². The van der Waals surface area contributed by atoms with Crippen LogP contribution in [-0.2, 0) is 14.6 Å². The Bertz CT molecular complexity index is 1010. The van der Waals surface area contributed by atoms with Gasteiger partial charge in [0, 0.05) is 31.5 Å². The van der Waals surface area contributed by atoms with Gasteiger partial charge in [0.1, 0.15) is 11.5 Å². The van der Waals surface area contributed by atoms with Crippen LogP contribution in [0, 0.1) is 15.9 Å². The van der Waals surface area contributed by atoms with Crippen LogP contribution in [0.25, 0.3) is 0 Å². The third kappa shape index (κ3) is 5.24. The lowest BCUT2D eigenvalue weighted by Gasteiger charge is -2.10. The Hall–Kier alpha value is -3.05. The van der Waals surface area contributed by atoms with E-state index < -0.39 is 26.5 Å². The predicted octanol–water partition coefficient (Wildman–Crippen LogP) is 2.45. The van der Waals surface area contributed by atoms with Crippen molar-refractivity contribution >= 4 is 32.8 Å². The molecule has 2 rings (SSSR count). The first-order valence-corrected chi connectivity index (χ1v) is 9.85. The molecule has 0 aliphatic carbocycles. The number of nitrogens with one attached hydrogen (secondary N) is 2. The molecule has 150 valence electrons. The number of carbonyl (C=O) groups excluding carboxylic acids is 1. The van der Waals surface area contributed by atoms with E-state index in [9.17, 15) is 27.7 Å². The zero-order valence-corrected chi connectivity index (χ0v) is 15.9. The van der Waals surface area contributed by atoms with E-state index in [0.29, 0.717) is 13.2 Å². The lowest BCUT2D eigenvalue weighted by molar-refractivity contribution is -0.384. The van der Waals surface area contributed by atoms with Crippen molar-refractivity contribution in [2.24, 2.45) is 0 Å². The molecule has 1 amide bonds. The summed E-state index contributed by atoms with van der Waals surface area (Å²) in [6.45, 7) is 0.654. The van der Waals surface area contributed by atoms with Crippen LogP contribution in [0.15, 0.2) is 41.3 Å². The SMILES string of the molecule is COCCNc1ccc(C(=O)Nc2cc(S(C)(=O)=O)ccc2F)cc1[N+](=O)[O-]. The number of carbonyl (C=O) groups is 1. The Kier molecular flexibility index (Phi) is 6.65. The normalized spacial score (nSPS) is 11.1. The van der Waals surface area contributed by atoms with E-state index in [1.54, 1.807) is 0 Å². The minimum absolute atomic E-state index is 0.0897. The molecule has 0 radical (unpaired) electrons. The van der Waals surface area contributed by atoms with Gasteiger partial charge < -0.3 is 15.4 Å². The fourth-order valence-corrected chi connectivity index (χ4v) is 2.93. The highest BCUT2D eigenvalue weighted by molar-refractivity contribution is 7.90. The van der Waals surface area contributed by atoms with Crippen molar-refractivity contribution in [3.8, 4) is 0 Å². The summed E-state index contributed by atoms with van der Waals surface area (Å²) < 4.78 is 42.0. The van der Waals surface area contributed by atoms with Crippen LogP contribution in [0.5, 0.6) is 0 Å². The second-order valence-corrected chi connectivity index (χ2v) is 7.79. The number of halogens is 1. The molecule has 0 unspecified atom stereocenters. The van der Waals surface area contributed by atoms with Crippen molar-refractivity contribution in [3.63, 3.8) is 0 Å². The van der Waals surface area contributed by atoms with Crippen LogP contribution < -0.4 is 10.6 Å². The molecule has 2 aromatic carbocycles. The average Bonchev–Trinajstić information content (AvgIpc) is 2.62. The van der Waals surface area contributed by atoms with Gasteiger partial charge in [0.05, 0.1) is 22.1 Å². The van der Waals surface area contributed by atoms with Gasteiger partial charge in [-0.2, -0.15) is 0 Å². The fraction of sp³-hybridized carbons (Fsp3) is 0.235. The monoisotopic (exact) mass is 411 g/mol. The largest absolute Gasteiger partial charge is 0.383 e. The molecule has 0 saturated carbocycles. The molecule has 0 atom stereocenters. The Morgan fingerprint density at radius 1 is 1.21 bits per heavy atom. The molecule has 28 heavy (non-hydrogen) atoms. The molecule has 0 bridgehead atoms. The molecule has 0 aromatic heterocycles. The standard InChI is InChI=1S/C17H18FN3O6S/c1-27-8-7-19-14-6-3-11(9-16(14)21(23)24)17(22)20-15-10-12(28(2,25)26)4-5-13(15)18/h3-6,9-10,19H,7-8H2,1-2H3,(H,20,22). The van der Waals surface area contributed by atoms with E-state index in [4.69, 9.17) is 4.74 Å². The summed E-state index contributed by atoms with van der Waals surface area (Å²) in [5.74, 6) is -1.66. The number of methoxy groups -OCH3 is 1. The molecule has 2 N–H and O–H groups in total. The molecule has 0 aliphatic heterocycles. The minimum Gasteiger partial charge on any atom is -0.383 e. The van der Waals surface area contributed by atoms with Gasteiger partial charge in [-0.15, -0.1) is 0 Å². The van der Waals surface area contributed by atoms with E-state index in [2.05, 4.69) is 10.6 Å². The Morgan fingerprint density at radius 2 is 1.93 bits per heavy atom. The summed E-state index contributed by atoms with van der Waals surface area (Å²) in [5.41, 5.74) is -0.580. The maximum atomic E-state index is 13.9. The number of hydrogen-bond donors (Lipinski definition) is 2. The molecule has 11 heteroatoms. The van der Waals surface area contributed by atoms with Crippen LogP contribution in [0.2, 0.25) is 0 Å². The number of nitro benzene ring substituents is 1. The summed E-state index contributed by atoms with van der Waals surface area (Å²) in [6.07, 6.45) is 0.949. The van der Waals surface area contributed by atoms with E-state index >= 15 is 0 Å². The number of nitro groups is 1. The van der Waals surface area contributed by atoms with Crippen LogP contribution in [0.1, 0.15) is 10.4 Å². The second-order valence-electron chi connectivity index (χ2n) is 5.78. The number of benzene rings is 2. The van der Waals surface area contributed by atoms with Crippen molar-refractivity contribution in [3.05, 3.63) is 57.9 Å². The highest BCUT2D eigenvalue weighted by Gasteiger charge is 2.19. The van der Waals surface area contributed by atoms with Gasteiger partial charge in [0.25, 0.3) is 11.6 Å². The van der Waals surface area contributed by atoms with Crippen LogP contribution >= 0.6 is 0 Å². The second kappa shape index (κ2) is 8.76. The van der Waals surface area contributed by atoms with Crippen molar-refractivity contribution in [1.82, 2.24) is 0 Å². The summed E-state index contributed by atoms with van der Waals surface area (Å²) >= 11 is 0. The summed E-state index contributed by atoms with van der Waals surface area (Å²) in [4.78, 5) is 22.8. The molecule has 9 nitrogen and oxygen atoms in total. The number of rotatable bonds is 8. The highest BCUT2D eigenvalue weighted by atomic mass is 32.2. The maximum absolute atomic E-state index is 13.9. The van der Waals surface area contributed by atoms with Crippen molar-refractivity contribution in [1.29, 1.82) is 0 Å². The minimum atomic E-state index is -3.60. The molecule has 0 aliphatic rings. The Balaban J connectivity index is 2.30. The number of anilines is 2. The zero-order chi connectivity index (χ0) is 20.9. The van der Waals surface area contributed by atoms with Gasteiger partial charge in [0.2, 0.25) is 0 Å². The van der Waals surface area contributed by atoms with Crippen LogP contribution in [0.4, 0.5) is 21.5 Å². The van der Waals surface area contributed by atoms with Crippen molar-refractivity contribution < 1.29 is 27.3 Å². The summed E-state index contributed by atoms with van der Waals surface area (Å²) in [7, 11) is -2.12. The predicted molar refractivity (Wildman–Crippen MR) is 101 cm³/mol. The summed E-state index contributed by atoms with van der Waals surface area (Å²) in [5, 5.41) is 16.3. The van der Waals surface area contributed by atoms with Gasteiger partial charge in [0.15, 0.2) is 9.84 Å². The Labute approximate surface area is 160 Å². The number of amides is 1. The first-order chi connectivity index (χ1) is 13.1. The van der Waals surface area contributed by atoms with Gasteiger partial charge >= 0.3 is 0 Å². The third-order valence-electron chi connectivity index (χ3n) is 3.69. The summed E-state index contributed by atoms with van der Waals surface area (Å²) in [6, 6.07) is 6.70. The van der Waals surface area contributed by atoms with Crippen LogP contribution in [-0.4, -0.2) is 45.8 Å². The highest BCUT2D eigenvalue weighted by Crippen LogP contribution is 2.26. The topological polar surface area (TPSA) is 128 Å². The molecule has 2 aromatic rings. The van der Waals surface area contributed by atoms with Gasteiger partial charge in [-0.05, 0) is 30.3 Å². The van der Waals surface area contributed by atoms with E-state index in [1.165, 1.54) is 19.2 Å². The number of nitrogens with zero attached hydrogens (tertiary/aromatic N) is 1. The molecular formula is C17H18FN3O6S. The van der Waals surface area contributed by atoms with E-state index in [1.807, 2.05) is 0 Å². The van der Waals surface area contributed by atoms with Crippen LogP contribution in [0.3, 0.4) is 0 Å². The number of ether oxygens (including phenoxy) is 1. The molecule has 0 saturated heterocycles. The lowest BCUT2D eigenvalue weighted by atomic mass is 10.1. The number of sulfone groups is 1. The van der Waals surface area contributed by atoms with Gasteiger partial charge in [-0.25, -0.2) is 12.8 Å². The van der Waals surface area contributed by atoms with Gasteiger partial charge in [-0.3, -0.25) is 14.9 Å². The maximum Gasteiger partial charge on any atom is 0.293 e. The lowest BCUT2D eigenvalue weighted by Crippen LogP contribution is -2.15. The first kappa shape index (κ1) is 21.3. The van der Waals surface area contributed by atoms with E-state index in [-0.39, 0.29) is 27.5 Å².